The van der Waals surface area contributed by atoms with Crippen LogP contribution in [0.4, 0.5) is 0 Å². The number of amides is 1. The molecule has 0 aromatic heterocycles. The van der Waals surface area contributed by atoms with Gasteiger partial charge in [-0.25, -0.2) is 0 Å². The molecule has 2 rings (SSSR count). The van der Waals surface area contributed by atoms with Gasteiger partial charge in [0.2, 0.25) is 5.91 Å². The van der Waals surface area contributed by atoms with Gasteiger partial charge in [0.15, 0.2) is 0 Å². The fourth-order valence-electron chi connectivity index (χ4n) is 2.19. The maximum Gasteiger partial charge on any atom is 0.226 e. The molecule has 0 aliphatic carbocycles. The Kier molecular flexibility index (Phi) is 4.21. The molecule has 1 amide bonds. The van der Waals surface area contributed by atoms with Crippen molar-refractivity contribution in [3.63, 3.8) is 0 Å². The molecule has 1 aromatic rings. The average Bonchev–Trinajstić information content (AvgIpc) is 2.29. The highest BCUT2D eigenvalue weighted by molar-refractivity contribution is 9.10. The first kappa shape index (κ1) is 12.6. The molecule has 0 atom stereocenters. The van der Waals surface area contributed by atoms with Gasteiger partial charge in [0.1, 0.15) is 0 Å². The summed E-state index contributed by atoms with van der Waals surface area (Å²) in [6, 6.07) is 7.99. The fraction of sp³-hybridized carbons (Fsp3) is 0.500. The van der Waals surface area contributed by atoms with E-state index in [9.17, 15) is 4.79 Å². The zero-order valence-corrected chi connectivity index (χ0v) is 11.7. The van der Waals surface area contributed by atoms with E-state index in [1.165, 1.54) is 0 Å². The van der Waals surface area contributed by atoms with Crippen molar-refractivity contribution in [3.05, 3.63) is 34.3 Å². The van der Waals surface area contributed by atoms with Crippen LogP contribution in [0.25, 0.3) is 0 Å². The van der Waals surface area contributed by atoms with E-state index >= 15 is 0 Å². The summed E-state index contributed by atoms with van der Waals surface area (Å²) in [6.07, 6.45) is 2.81. The highest BCUT2D eigenvalue weighted by Gasteiger charge is 2.20. The van der Waals surface area contributed by atoms with Crippen LogP contribution in [0.1, 0.15) is 25.3 Å². The van der Waals surface area contributed by atoms with Gasteiger partial charge in [-0.15, -0.1) is 0 Å². The van der Waals surface area contributed by atoms with Crippen LogP contribution in [0.5, 0.6) is 0 Å². The third kappa shape index (κ3) is 3.56. The molecule has 1 saturated heterocycles. The van der Waals surface area contributed by atoms with Crippen molar-refractivity contribution in [3.8, 4) is 0 Å². The second-order valence-corrected chi connectivity index (χ2v) is 5.79. The van der Waals surface area contributed by atoms with Gasteiger partial charge in [-0.3, -0.25) is 4.79 Å². The number of nitrogens with zero attached hydrogens (tertiary/aromatic N) is 1. The smallest absolute Gasteiger partial charge is 0.226 e. The lowest BCUT2D eigenvalue weighted by Crippen LogP contribution is -2.38. The molecule has 2 nitrogen and oxygen atoms in total. The van der Waals surface area contributed by atoms with Gasteiger partial charge in [0, 0.05) is 17.6 Å². The molecule has 1 aromatic carbocycles. The topological polar surface area (TPSA) is 20.3 Å². The van der Waals surface area contributed by atoms with Gasteiger partial charge in [-0.2, -0.15) is 0 Å². The Balaban J connectivity index is 1.93. The summed E-state index contributed by atoms with van der Waals surface area (Å²) >= 11 is 3.43. The number of carbonyl (C=O) groups excluding carboxylic acids is 1. The quantitative estimate of drug-likeness (QED) is 0.820. The predicted molar refractivity (Wildman–Crippen MR) is 72.8 cm³/mol. The van der Waals surface area contributed by atoms with Crippen molar-refractivity contribution in [2.45, 2.75) is 26.2 Å². The summed E-state index contributed by atoms with van der Waals surface area (Å²) in [6.45, 7) is 4.11. The fourth-order valence-corrected chi connectivity index (χ4v) is 2.64. The second-order valence-electron chi connectivity index (χ2n) is 4.87. The molecule has 3 heteroatoms. The summed E-state index contributed by atoms with van der Waals surface area (Å²) in [5.41, 5.74) is 1.09. The molecule has 92 valence electrons. The van der Waals surface area contributed by atoms with Gasteiger partial charge < -0.3 is 4.90 Å². The number of hydrogen-bond acceptors (Lipinski definition) is 1. The van der Waals surface area contributed by atoms with Crippen molar-refractivity contribution in [2.24, 2.45) is 5.92 Å². The molecular formula is C14H18BrNO. The van der Waals surface area contributed by atoms with Crippen LogP contribution in [0, 0.1) is 5.92 Å². The summed E-state index contributed by atoms with van der Waals surface area (Å²) in [7, 11) is 0. The highest BCUT2D eigenvalue weighted by Crippen LogP contribution is 2.18. The lowest BCUT2D eigenvalue weighted by atomic mass is 9.98. The molecule has 0 spiro atoms. The van der Waals surface area contributed by atoms with Crippen LogP contribution in [0.2, 0.25) is 0 Å². The highest BCUT2D eigenvalue weighted by atomic mass is 79.9. The third-order valence-corrected chi connectivity index (χ3v) is 3.87. The molecule has 0 unspecified atom stereocenters. The minimum Gasteiger partial charge on any atom is -0.342 e. The summed E-state index contributed by atoms with van der Waals surface area (Å²) in [5, 5.41) is 0. The zero-order valence-electron chi connectivity index (χ0n) is 10.2. The minimum absolute atomic E-state index is 0.259. The monoisotopic (exact) mass is 295 g/mol. The van der Waals surface area contributed by atoms with Gasteiger partial charge in [-0.05, 0) is 36.5 Å². The van der Waals surface area contributed by atoms with Crippen molar-refractivity contribution in [1.82, 2.24) is 4.90 Å². The maximum absolute atomic E-state index is 12.1. The first-order valence-electron chi connectivity index (χ1n) is 6.17. The average molecular weight is 296 g/mol. The Labute approximate surface area is 111 Å². The van der Waals surface area contributed by atoms with E-state index in [0.717, 1.165) is 41.9 Å². The number of rotatable bonds is 2. The SMILES string of the molecule is CC1CCN(C(=O)Cc2cccc(Br)c2)CC1. The lowest BCUT2D eigenvalue weighted by molar-refractivity contribution is -0.131. The largest absolute Gasteiger partial charge is 0.342 e. The van der Waals surface area contributed by atoms with Crippen molar-refractivity contribution in [2.75, 3.05) is 13.1 Å². The number of likely N-dealkylation sites (tertiary alicyclic amines) is 1. The van der Waals surface area contributed by atoms with E-state index in [4.69, 9.17) is 0 Å². The van der Waals surface area contributed by atoms with Crippen LogP contribution < -0.4 is 0 Å². The molecule has 1 aliphatic rings. The van der Waals surface area contributed by atoms with E-state index in [2.05, 4.69) is 22.9 Å². The third-order valence-electron chi connectivity index (χ3n) is 3.38. The van der Waals surface area contributed by atoms with Crippen molar-refractivity contribution < 1.29 is 4.79 Å². The summed E-state index contributed by atoms with van der Waals surface area (Å²) in [5.74, 6) is 1.03. The standard InChI is InChI=1S/C14H18BrNO/c1-11-5-7-16(8-6-11)14(17)10-12-3-2-4-13(15)9-12/h2-4,9,11H,5-8,10H2,1H3. The molecular weight excluding hydrogens is 278 g/mol. The van der Waals surface area contributed by atoms with Gasteiger partial charge >= 0.3 is 0 Å². The number of halogens is 1. The first-order chi connectivity index (χ1) is 8.15. The van der Waals surface area contributed by atoms with Crippen LogP contribution in [0.3, 0.4) is 0 Å². The molecule has 0 radical (unpaired) electrons. The van der Waals surface area contributed by atoms with Gasteiger partial charge in [0.25, 0.3) is 0 Å². The van der Waals surface area contributed by atoms with E-state index in [1.807, 2.05) is 29.2 Å². The van der Waals surface area contributed by atoms with E-state index in [-0.39, 0.29) is 5.91 Å². The molecule has 0 bridgehead atoms. The second kappa shape index (κ2) is 5.67. The predicted octanol–water partition coefficient (Wildman–Crippen LogP) is 3.25. The first-order valence-corrected chi connectivity index (χ1v) is 6.96. The number of carbonyl (C=O) groups is 1. The normalized spacial score (nSPS) is 17.2. The summed E-state index contributed by atoms with van der Waals surface area (Å²) < 4.78 is 1.04. The number of hydrogen-bond donors (Lipinski definition) is 0. The molecule has 1 aliphatic heterocycles. The van der Waals surface area contributed by atoms with Crippen LogP contribution >= 0.6 is 15.9 Å². The Hall–Kier alpha value is -0.830. The van der Waals surface area contributed by atoms with Crippen LogP contribution in [0.15, 0.2) is 28.7 Å². The van der Waals surface area contributed by atoms with Crippen LogP contribution in [-0.4, -0.2) is 23.9 Å². The molecule has 1 fully saturated rings. The molecule has 17 heavy (non-hydrogen) atoms. The maximum atomic E-state index is 12.1. The molecule has 1 heterocycles. The number of benzene rings is 1. The van der Waals surface area contributed by atoms with Crippen molar-refractivity contribution in [1.29, 1.82) is 0 Å². The van der Waals surface area contributed by atoms with Gasteiger partial charge in [-0.1, -0.05) is 35.0 Å². The Morgan fingerprint density at radius 3 is 2.76 bits per heavy atom. The Morgan fingerprint density at radius 1 is 1.41 bits per heavy atom. The zero-order chi connectivity index (χ0) is 12.3. The van der Waals surface area contributed by atoms with Crippen molar-refractivity contribution >= 4 is 21.8 Å². The Morgan fingerprint density at radius 2 is 2.12 bits per heavy atom. The molecule has 0 N–H and O–H groups in total. The lowest BCUT2D eigenvalue weighted by Gasteiger charge is -2.30. The van der Waals surface area contributed by atoms with E-state index in [0.29, 0.717) is 6.42 Å². The van der Waals surface area contributed by atoms with Gasteiger partial charge in [0.05, 0.1) is 6.42 Å². The number of piperidine rings is 1. The van der Waals surface area contributed by atoms with Crippen LogP contribution in [-0.2, 0) is 11.2 Å². The summed E-state index contributed by atoms with van der Waals surface area (Å²) in [4.78, 5) is 14.1. The molecule has 0 saturated carbocycles. The Bertz CT molecular complexity index is 397. The minimum atomic E-state index is 0.259. The van der Waals surface area contributed by atoms with E-state index < -0.39 is 0 Å². The van der Waals surface area contributed by atoms with E-state index in [1.54, 1.807) is 0 Å².